The van der Waals surface area contributed by atoms with E-state index in [-0.39, 0.29) is 19.0 Å². The van der Waals surface area contributed by atoms with Crippen molar-refractivity contribution in [1.82, 2.24) is 9.99 Å². The summed E-state index contributed by atoms with van der Waals surface area (Å²) < 4.78 is 18.8. The van der Waals surface area contributed by atoms with Crippen LogP contribution in [-0.2, 0) is 11.4 Å². The lowest BCUT2D eigenvalue weighted by atomic mass is 10.2. The molecule has 0 radical (unpaired) electrons. The van der Waals surface area contributed by atoms with Gasteiger partial charge in [0, 0.05) is 17.1 Å². The number of primary amides is 1. The van der Waals surface area contributed by atoms with Crippen molar-refractivity contribution in [3.63, 3.8) is 0 Å². The highest BCUT2D eigenvalue weighted by molar-refractivity contribution is 5.92. The third-order valence-electron chi connectivity index (χ3n) is 5.25. The number of carbonyl (C=O) groups is 2. The minimum Gasteiger partial charge on any atom is -0.486 e. The number of benzene rings is 2. The van der Waals surface area contributed by atoms with E-state index >= 15 is 0 Å². The van der Waals surface area contributed by atoms with E-state index in [0.29, 0.717) is 22.8 Å². The van der Waals surface area contributed by atoms with Crippen LogP contribution in [0.15, 0.2) is 82.3 Å². The quantitative estimate of drug-likeness (QED) is 0.260. The fourth-order valence-electron chi connectivity index (χ4n) is 3.56. The van der Waals surface area contributed by atoms with Crippen molar-refractivity contribution < 1.29 is 23.5 Å². The smallest absolute Gasteiger partial charge is 0.307 e. The van der Waals surface area contributed by atoms with Gasteiger partial charge in [-0.05, 0) is 80.1 Å². The van der Waals surface area contributed by atoms with E-state index in [0.717, 1.165) is 17.1 Å². The molecule has 4 rings (SSSR count). The molecule has 2 aromatic heterocycles. The Hall–Kier alpha value is -4.79. The van der Waals surface area contributed by atoms with Crippen molar-refractivity contribution in [3.8, 4) is 17.2 Å². The number of hydrogen-bond donors (Lipinski definition) is 2. The molecule has 184 valence electrons. The molecule has 9 nitrogen and oxygen atoms in total. The molecule has 0 aliphatic rings. The van der Waals surface area contributed by atoms with Gasteiger partial charge in [-0.2, -0.15) is 5.10 Å². The van der Waals surface area contributed by atoms with Gasteiger partial charge >= 0.3 is 5.91 Å². The fourth-order valence-corrected chi connectivity index (χ4v) is 3.56. The zero-order valence-electron chi connectivity index (χ0n) is 19.9. The van der Waals surface area contributed by atoms with Crippen molar-refractivity contribution in [3.05, 3.63) is 101 Å². The number of nitrogens with zero attached hydrogens (tertiary/aromatic N) is 2. The van der Waals surface area contributed by atoms with Gasteiger partial charge < -0.3 is 24.2 Å². The molecule has 36 heavy (non-hydrogen) atoms. The summed E-state index contributed by atoms with van der Waals surface area (Å²) in [7, 11) is 0. The summed E-state index contributed by atoms with van der Waals surface area (Å²) in [6.07, 6.45) is 1.45. The predicted octanol–water partition coefficient (Wildman–Crippen LogP) is 3.89. The molecule has 3 N–H and O–H groups in total. The number of aromatic nitrogens is 1. The topological polar surface area (TPSA) is 121 Å². The van der Waals surface area contributed by atoms with Crippen LogP contribution in [0, 0.1) is 13.8 Å². The molecule has 2 amide bonds. The van der Waals surface area contributed by atoms with Crippen molar-refractivity contribution in [2.75, 3.05) is 6.61 Å². The number of amides is 2. The van der Waals surface area contributed by atoms with Gasteiger partial charge in [0.25, 0.3) is 5.91 Å². The first-order valence-electron chi connectivity index (χ1n) is 11.2. The summed E-state index contributed by atoms with van der Waals surface area (Å²) in [5.41, 5.74) is 11.5. The van der Waals surface area contributed by atoms with Gasteiger partial charge in [0.1, 0.15) is 23.9 Å². The van der Waals surface area contributed by atoms with Gasteiger partial charge in [0.15, 0.2) is 12.4 Å². The number of rotatable bonds is 10. The second kappa shape index (κ2) is 11.1. The van der Waals surface area contributed by atoms with E-state index in [2.05, 4.69) is 41.1 Å². The normalized spacial score (nSPS) is 10.9. The monoisotopic (exact) mass is 486 g/mol. The summed E-state index contributed by atoms with van der Waals surface area (Å²) in [5.74, 6) is 0.697. The number of aryl methyl sites for hydroxylation is 2. The molecular formula is C27H26N4O5. The van der Waals surface area contributed by atoms with Crippen LogP contribution in [0.25, 0.3) is 5.69 Å². The molecule has 4 aromatic rings. The Morgan fingerprint density at radius 1 is 0.972 bits per heavy atom. The second-order valence-electron chi connectivity index (χ2n) is 8.03. The third-order valence-corrected chi connectivity index (χ3v) is 5.25. The minimum absolute atomic E-state index is 0.109. The number of hydrogen-bond acceptors (Lipinski definition) is 6. The first kappa shape index (κ1) is 24.3. The number of ether oxygens (including phenoxy) is 2. The molecule has 0 spiro atoms. The van der Waals surface area contributed by atoms with E-state index in [9.17, 15) is 9.59 Å². The van der Waals surface area contributed by atoms with E-state index in [1.807, 2.05) is 24.3 Å². The summed E-state index contributed by atoms with van der Waals surface area (Å²) in [5, 5.41) is 3.93. The Balaban J connectivity index is 1.28. The molecule has 0 bridgehead atoms. The molecule has 0 saturated carbocycles. The van der Waals surface area contributed by atoms with Crippen LogP contribution in [0.5, 0.6) is 11.5 Å². The van der Waals surface area contributed by atoms with Crippen LogP contribution in [0.1, 0.15) is 33.3 Å². The van der Waals surface area contributed by atoms with Gasteiger partial charge in [-0.3, -0.25) is 9.59 Å². The first-order valence-corrected chi connectivity index (χ1v) is 11.2. The molecule has 0 saturated heterocycles. The van der Waals surface area contributed by atoms with Crippen molar-refractivity contribution >= 4 is 18.0 Å². The standard InChI is InChI=1S/C27H26N4O5/c1-18-6-7-19(2)31(18)21-8-10-22(11-9-21)34-16-24-12-13-25(36-24)27(33)30-29-15-20-4-3-5-23(14-20)35-17-26(28)32/h3-15H,16-17H2,1-2H3,(H2,28,32)(H,30,33). The van der Waals surface area contributed by atoms with Crippen molar-refractivity contribution in [2.24, 2.45) is 10.8 Å². The Kier molecular flexibility index (Phi) is 7.50. The minimum atomic E-state index is -0.569. The molecular weight excluding hydrogens is 460 g/mol. The highest BCUT2D eigenvalue weighted by Gasteiger charge is 2.11. The van der Waals surface area contributed by atoms with E-state index in [1.54, 1.807) is 36.4 Å². The molecule has 2 heterocycles. The highest BCUT2D eigenvalue weighted by atomic mass is 16.5. The SMILES string of the molecule is Cc1ccc(C)n1-c1ccc(OCc2ccc(C(=O)NN=Cc3cccc(OCC(N)=O)c3)o2)cc1. The van der Waals surface area contributed by atoms with Gasteiger partial charge in [-0.25, -0.2) is 5.43 Å². The van der Waals surface area contributed by atoms with Crippen LogP contribution in [-0.4, -0.2) is 29.2 Å². The third kappa shape index (κ3) is 6.20. The zero-order chi connectivity index (χ0) is 25.5. The Morgan fingerprint density at radius 3 is 2.44 bits per heavy atom. The maximum atomic E-state index is 12.3. The molecule has 9 heteroatoms. The Bertz CT molecular complexity index is 1370. The molecule has 0 aliphatic carbocycles. The van der Waals surface area contributed by atoms with E-state index < -0.39 is 11.8 Å². The van der Waals surface area contributed by atoms with Crippen LogP contribution in [0.4, 0.5) is 0 Å². The maximum absolute atomic E-state index is 12.3. The zero-order valence-corrected chi connectivity index (χ0v) is 19.9. The van der Waals surface area contributed by atoms with Crippen molar-refractivity contribution in [2.45, 2.75) is 20.5 Å². The lowest BCUT2D eigenvalue weighted by molar-refractivity contribution is -0.119. The van der Waals surface area contributed by atoms with Gasteiger partial charge in [-0.1, -0.05) is 12.1 Å². The summed E-state index contributed by atoms with van der Waals surface area (Å²) >= 11 is 0. The summed E-state index contributed by atoms with van der Waals surface area (Å²) in [6, 6.07) is 22.0. The average molecular weight is 487 g/mol. The summed E-state index contributed by atoms with van der Waals surface area (Å²) in [4.78, 5) is 23.2. The maximum Gasteiger partial charge on any atom is 0.307 e. The number of nitrogens with one attached hydrogen (secondary N) is 1. The Labute approximate surface area is 208 Å². The molecule has 0 fully saturated rings. The van der Waals surface area contributed by atoms with Crippen LogP contribution >= 0.6 is 0 Å². The van der Waals surface area contributed by atoms with E-state index in [4.69, 9.17) is 19.6 Å². The van der Waals surface area contributed by atoms with Crippen molar-refractivity contribution in [1.29, 1.82) is 0 Å². The fraction of sp³-hybridized carbons (Fsp3) is 0.148. The number of nitrogens with two attached hydrogens (primary N) is 1. The largest absolute Gasteiger partial charge is 0.486 e. The molecule has 0 aliphatic heterocycles. The lowest BCUT2D eigenvalue weighted by Crippen LogP contribution is -2.20. The number of furan rings is 1. The predicted molar refractivity (Wildman–Crippen MR) is 134 cm³/mol. The molecule has 0 atom stereocenters. The van der Waals surface area contributed by atoms with Gasteiger partial charge in [0.2, 0.25) is 0 Å². The number of carbonyl (C=O) groups excluding carboxylic acids is 2. The molecule has 0 unspecified atom stereocenters. The van der Waals surface area contributed by atoms with Crippen LogP contribution < -0.4 is 20.6 Å². The first-order chi connectivity index (χ1) is 17.4. The van der Waals surface area contributed by atoms with Crippen LogP contribution in [0.3, 0.4) is 0 Å². The lowest BCUT2D eigenvalue weighted by Gasteiger charge is -2.10. The van der Waals surface area contributed by atoms with Crippen LogP contribution in [0.2, 0.25) is 0 Å². The van der Waals surface area contributed by atoms with Gasteiger partial charge in [-0.15, -0.1) is 0 Å². The summed E-state index contributed by atoms with van der Waals surface area (Å²) in [6.45, 7) is 4.08. The van der Waals surface area contributed by atoms with E-state index in [1.165, 1.54) is 6.21 Å². The average Bonchev–Trinajstić information content (AvgIpc) is 3.48. The second-order valence-corrected chi connectivity index (χ2v) is 8.03. The highest BCUT2D eigenvalue weighted by Crippen LogP contribution is 2.21. The number of hydrazone groups is 1. The Morgan fingerprint density at radius 2 is 1.72 bits per heavy atom. The molecule has 2 aromatic carbocycles. The van der Waals surface area contributed by atoms with Gasteiger partial charge in [0.05, 0.1) is 6.21 Å².